The summed E-state index contributed by atoms with van der Waals surface area (Å²) in [5.41, 5.74) is 1.10. The molecule has 5 atom stereocenters. The minimum Gasteiger partial charge on any atom is -0.480 e. The van der Waals surface area contributed by atoms with Crippen molar-refractivity contribution in [1.82, 2.24) is 10.2 Å². The predicted molar refractivity (Wildman–Crippen MR) is 116 cm³/mol. The molecule has 1 saturated heterocycles. The van der Waals surface area contributed by atoms with E-state index >= 15 is 0 Å². The SMILES string of the molecule is CCOC(=O)[C@H](CCc1ccccc1)N[C@@H](C)C(=O)N1C(C(=O)O)C[C@@H]2CCCC[C@H]21. The average Bonchev–Trinajstić information content (AvgIpc) is 3.16. The first-order chi connectivity index (χ1) is 14.9. The lowest BCUT2D eigenvalue weighted by molar-refractivity contribution is -0.152. The molecule has 1 heterocycles. The number of amides is 1. The number of carboxylic acid groups (broad SMARTS) is 1. The second-order valence-electron chi connectivity index (χ2n) is 8.66. The highest BCUT2D eigenvalue weighted by atomic mass is 16.5. The van der Waals surface area contributed by atoms with E-state index in [0.29, 0.717) is 19.3 Å². The lowest BCUT2D eigenvalue weighted by Gasteiger charge is -2.35. The van der Waals surface area contributed by atoms with Crippen molar-refractivity contribution >= 4 is 17.8 Å². The Balaban J connectivity index is 1.70. The Labute approximate surface area is 184 Å². The highest BCUT2D eigenvalue weighted by Crippen LogP contribution is 2.40. The molecule has 2 N–H and O–H groups in total. The maximum atomic E-state index is 13.4. The molecular weight excluding hydrogens is 396 g/mol. The second kappa shape index (κ2) is 10.8. The van der Waals surface area contributed by atoms with Crippen LogP contribution in [-0.4, -0.2) is 58.6 Å². The van der Waals surface area contributed by atoms with E-state index in [4.69, 9.17) is 4.74 Å². The predicted octanol–water partition coefficient (Wildman–Crippen LogP) is 2.77. The smallest absolute Gasteiger partial charge is 0.326 e. The van der Waals surface area contributed by atoms with Gasteiger partial charge in [-0.25, -0.2) is 4.79 Å². The fourth-order valence-corrected chi connectivity index (χ4v) is 5.06. The highest BCUT2D eigenvalue weighted by Gasteiger charge is 2.48. The van der Waals surface area contributed by atoms with Crippen LogP contribution in [-0.2, 0) is 25.5 Å². The van der Waals surface area contributed by atoms with Gasteiger partial charge in [-0.1, -0.05) is 43.2 Å². The average molecular weight is 431 g/mol. The van der Waals surface area contributed by atoms with Crippen LogP contribution >= 0.6 is 0 Å². The topological polar surface area (TPSA) is 95.9 Å². The van der Waals surface area contributed by atoms with Gasteiger partial charge in [-0.3, -0.25) is 14.9 Å². The third kappa shape index (κ3) is 5.64. The number of ether oxygens (including phenoxy) is 1. The van der Waals surface area contributed by atoms with Crippen LogP contribution in [0.15, 0.2) is 30.3 Å². The molecule has 7 heteroatoms. The normalized spacial score (nSPS) is 24.8. The molecule has 2 aliphatic rings. The second-order valence-corrected chi connectivity index (χ2v) is 8.66. The van der Waals surface area contributed by atoms with Gasteiger partial charge in [0.15, 0.2) is 0 Å². The molecule has 0 bridgehead atoms. The molecule has 1 aromatic rings. The third-order valence-corrected chi connectivity index (χ3v) is 6.58. The van der Waals surface area contributed by atoms with Gasteiger partial charge in [0.2, 0.25) is 5.91 Å². The number of nitrogens with zero attached hydrogens (tertiary/aromatic N) is 1. The van der Waals surface area contributed by atoms with Crippen LogP contribution in [0.5, 0.6) is 0 Å². The van der Waals surface area contributed by atoms with Gasteiger partial charge in [0.1, 0.15) is 12.1 Å². The number of nitrogens with one attached hydrogen (secondary N) is 1. The zero-order chi connectivity index (χ0) is 22.4. The number of benzene rings is 1. The van der Waals surface area contributed by atoms with Gasteiger partial charge >= 0.3 is 11.9 Å². The molecule has 1 amide bonds. The highest BCUT2D eigenvalue weighted by molar-refractivity contribution is 5.88. The maximum Gasteiger partial charge on any atom is 0.326 e. The van der Waals surface area contributed by atoms with E-state index in [1.807, 2.05) is 30.3 Å². The summed E-state index contributed by atoms with van der Waals surface area (Å²) in [7, 11) is 0. The van der Waals surface area contributed by atoms with Crippen LogP contribution in [0.1, 0.15) is 57.9 Å². The Morgan fingerprint density at radius 3 is 2.58 bits per heavy atom. The first-order valence-corrected chi connectivity index (χ1v) is 11.4. The van der Waals surface area contributed by atoms with Crippen LogP contribution in [0.4, 0.5) is 0 Å². The molecule has 0 spiro atoms. The van der Waals surface area contributed by atoms with E-state index in [9.17, 15) is 19.5 Å². The molecule has 170 valence electrons. The van der Waals surface area contributed by atoms with E-state index in [1.165, 1.54) is 0 Å². The molecule has 1 unspecified atom stereocenters. The minimum absolute atomic E-state index is 0.0167. The van der Waals surface area contributed by atoms with Crippen molar-refractivity contribution in [3.05, 3.63) is 35.9 Å². The Hall–Kier alpha value is -2.41. The van der Waals surface area contributed by atoms with Gasteiger partial charge in [-0.05, 0) is 57.4 Å². The van der Waals surface area contributed by atoms with Crippen LogP contribution in [0.2, 0.25) is 0 Å². The van der Waals surface area contributed by atoms with E-state index in [0.717, 1.165) is 31.2 Å². The lowest BCUT2D eigenvalue weighted by Crippen LogP contribution is -2.55. The molecule has 0 aromatic heterocycles. The summed E-state index contributed by atoms with van der Waals surface area (Å²) in [6, 6.07) is 7.75. The molecule has 31 heavy (non-hydrogen) atoms. The summed E-state index contributed by atoms with van der Waals surface area (Å²) in [5.74, 6) is -1.31. The summed E-state index contributed by atoms with van der Waals surface area (Å²) >= 11 is 0. The Morgan fingerprint density at radius 2 is 1.90 bits per heavy atom. The van der Waals surface area contributed by atoms with Gasteiger partial charge in [-0.15, -0.1) is 0 Å². The van der Waals surface area contributed by atoms with Crippen LogP contribution in [0, 0.1) is 5.92 Å². The first kappa shape index (κ1) is 23.3. The number of carbonyl (C=O) groups is 3. The zero-order valence-corrected chi connectivity index (χ0v) is 18.5. The van der Waals surface area contributed by atoms with Crippen molar-refractivity contribution in [2.45, 2.75) is 83.0 Å². The number of likely N-dealkylation sites (tertiary alicyclic amines) is 1. The summed E-state index contributed by atoms with van der Waals surface area (Å²) in [5, 5.41) is 12.9. The number of aryl methyl sites for hydroxylation is 1. The van der Waals surface area contributed by atoms with Crippen molar-refractivity contribution in [2.24, 2.45) is 5.92 Å². The van der Waals surface area contributed by atoms with Crippen molar-refractivity contribution in [3.8, 4) is 0 Å². The van der Waals surface area contributed by atoms with Crippen LogP contribution < -0.4 is 5.32 Å². The zero-order valence-electron chi connectivity index (χ0n) is 18.5. The van der Waals surface area contributed by atoms with Crippen LogP contribution in [0.3, 0.4) is 0 Å². The summed E-state index contributed by atoms with van der Waals surface area (Å²) in [6.45, 7) is 3.74. The van der Waals surface area contributed by atoms with Gasteiger partial charge in [0, 0.05) is 6.04 Å². The first-order valence-electron chi connectivity index (χ1n) is 11.4. The number of carboxylic acids is 1. The number of carbonyl (C=O) groups excluding carboxylic acids is 2. The molecule has 2 fully saturated rings. The molecule has 1 aliphatic carbocycles. The van der Waals surface area contributed by atoms with Crippen molar-refractivity contribution in [3.63, 3.8) is 0 Å². The van der Waals surface area contributed by atoms with E-state index in [1.54, 1.807) is 18.7 Å². The fraction of sp³-hybridized carbons (Fsp3) is 0.625. The molecule has 3 rings (SSSR count). The van der Waals surface area contributed by atoms with Crippen molar-refractivity contribution in [1.29, 1.82) is 0 Å². The Kier molecular flexibility index (Phi) is 8.07. The standard InChI is InChI=1S/C24H34N2O5/c1-3-31-24(30)19(14-13-17-9-5-4-6-10-17)25-16(2)22(27)26-20-12-8-7-11-18(20)15-21(26)23(28)29/h4-6,9-10,16,18-21,25H,3,7-8,11-15H2,1-2H3,(H,28,29)/t16-,18-,19-,20+,21?/m0/s1. The van der Waals surface area contributed by atoms with E-state index < -0.39 is 24.1 Å². The molecule has 1 saturated carbocycles. The molecule has 0 radical (unpaired) electrons. The van der Waals surface area contributed by atoms with Crippen LogP contribution in [0.25, 0.3) is 0 Å². The van der Waals surface area contributed by atoms with E-state index in [-0.39, 0.29) is 30.4 Å². The molecule has 1 aromatic carbocycles. The minimum atomic E-state index is -0.944. The van der Waals surface area contributed by atoms with Gasteiger partial charge in [0.05, 0.1) is 12.6 Å². The van der Waals surface area contributed by atoms with Gasteiger partial charge in [0.25, 0.3) is 0 Å². The van der Waals surface area contributed by atoms with E-state index in [2.05, 4.69) is 5.32 Å². The molecule has 7 nitrogen and oxygen atoms in total. The quantitative estimate of drug-likeness (QED) is 0.585. The van der Waals surface area contributed by atoms with Gasteiger partial charge in [-0.2, -0.15) is 0 Å². The molecule has 1 aliphatic heterocycles. The Bertz CT molecular complexity index is 768. The molecular formula is C24H34N2O5. The largest absolute Gasteiger partial charge is 0.480 e. The number of fused-ring (bicyclic) bond motifs is 1. The summed E-state index contributed by atoms with van der Waals surface area (Å²) in [6.07, 6.45) is 5.62. The number of esters is 1. The van der Waals surface area contributed by atoms with Gasteiger partial charge < -0.3 is 14.7 Å². The number of hydrogen-bond acceptors (Lipinski definition) is 5. The lowest BCUT2D eigenvalue weighted by atomic mass is 9.84. The summed E-state index contributed by atoms with van der Waals surface area (Å²) in [4.78, 5) is 39.3. The maximum absolute atomic E-state index is 13.4. The fourth-order valence-electron chi connectivity index (χ4n) is 5.06. The van der Waals surface area contributed by atoms with Crippen molar-refractivity contribution < 1.29 is 24.2 Å². The van der Waals surface area contributed by atoms with Crippen molar-refractivity contribution in [2.75, 3.05) is 6.61 Å². The summed E-state index contributed by atoms with van der Waals surface area (Å²) < 4.78 is 5.22. The number of aliphatic carboxylic acids is 1. The number of rotatable bonds is 9. The third-order valence-electron chi connectivity index (χ3n) is 6.58. The number of hydrogen-bond donors (Lipinski definition) is 2. The monoisotopic (exact) mass is 430 g/mol. The Morgan fingerprint density at radius 1 is 1.19 bits per heavy atom.